The van der Waals surface area contributed by atoms with Crippen molar-refractivity contribution in [3.05, 3.63) is 75.8 Å². The summed E-state index contributed by atoms with van der Waals surface area (Å²) in [6, 6.07) is 8.41. The largest absolute Gasteiger partial charge is 0.510 e. The van der Waals surface area contributed by atoms with Crippen LogP contribution in [0.2, 0.25) is 0 Å². The van der Waals surface area contributed by atoms with Crippen molar-refractivity contribution in [3.8, 4) is 16.9 Å². The number of fused-ring (bicyclic) bond motifs is 3. The number of rotatable bonds is 4. The first-order chi connectivity index (χ1) is 18.8. The molecule has 0 heterocycles. The molecule has 6 N–H and O–H groups in total. The Bertz CT molecular complexity index is 1550. The van der Waals surface area contributed by atoms with Gasteiger partial charge in [0.05, 0.1) is 24.3 Å². The molecule has 0 radical (unpaired) electrons. The molecule has 40 heavy (non-hydrogen) atoms. The molecule has 208 valence electrons. The summed E-state index contributed by atoms with van der Waals surface area (Å²) in [5.74, 6) is -7.54. The zero-order chi connectivity index (χ0) is 29.3. The van der Waals surface area contributed by atoms with E-state index < -0.39 is 64.0 Å². The van der Waals surface area contributed by atoms with Crippen LogP contribution in [-0.2, 0) is 20.7 Å². The van der Waals surface area contributed by atoms with Gasteiger partial charge < -0.3 is 30.9 Å². The van der Waals surface area contributed by atoms with E-state index in [4.69, 9.17) is 10.5 Å². The number of Topliss-reactive ketones (excluding diaryl/α,β-unsaturated/α-hetero) is 2. The molecular weight excluding hydrogens is 520 g/mol. The maximum atomic E-state index is 13.8. The van der Waals surface area contributed by atoms with Crippen LogP contribution in [0, 0.1) is 11.8 Å². The minimum Gasteiger partial charge on any atom is -0.510 e. The van der Waals surface area contributed by atoms with Gasteiger partial charge in [-0.05, 0) is 67.7 Å². The van der Waals surface area contributed by atoms with Crippen LogP contribution in [0.1, 0.15) is 32.7 Å². The van der Waals surface area contributed by atoms with E-state index in [1.54, 1.807) is 44.4 Å². The molecule has 5 rings (SSSR count). The SMILES string of the molecule is COC(=O)c1ccc(-c2ccc(O)c3c2CC2CC4C(N(C)C)C(O)=C(C(N)=O)C(=O)C4(O)C(O)=C2C3=O)cc1. The Morgan fingerprint density at radius 2 is 1.70 bits per heavy atom. The number of likely N-dealkylation sites (N-methyl/N-ethyl adjacent to an activating group) is 1. The molecule has 0 aliphatic heterocycles. The number of phenolic OH excluding ortho intramolecular Hbond substituents is 1. The van der Waals surface area contributed by atoms with Gasteiger partial charge in [0.15, 0.2) is 11.4 Å². The zero-order valence-corrected chi connectivity index (χ0v) is 22.0. The van der Waals surface area contributed by atoms with Crippen molar-refractivity contribution in [1.29, 1.82) is 0 Å². The number of benzene rings is 2. The molecular formula is C29H28N2O9. The van der Waals surface area contributed by atoms with E-state index in [1.807, 2.05) is 0 Å². The molecule has 2 aromatic rings. The number of aliphatic hydroxyl groups excluding tert-OH is 2. The second-order valence-corrected chi connectivity index (χ2v) is 10.5. The molecule has 0 saturated heterocycles. The fraction of sp³-hybridized carbons (Fsp3) is 0.310. The Balaban J connectivity index is 1.68. The number of carbonyl (C=O) groups excluding carboxylic acids is 4. The van der Waals surface area contributed by atoms with Gasteiger partial charge in [0.1, 0.15) is 22.8 Å². The van der Waals surface area contributed by atoms with Gasteiger partial charge in [0, 0.05) is 11.5 Å². The van der Waals surface area contributed by atoms with Crippen molar-refractivity contribution in [3.63, 3.8) is 0 Å². The number of carbonyl (C=O) groups is 4. The highest BCUT2D eigenvalue weighted by molar-refractivity contribution is 6.25. The van der Waals surface area contributed by atoms with E-state index in [9.17, 15) is 39.6 Å². The van der Waals surface area contributed by atoms with E-state index in [-0.39, 0.29) is 29.7 Å². The number of aliphatic hydroxyl groups is 3. The number of aromatic hydroxyl groups is 1. The lowest BCUT2D eigenvalue weighted by Crippen LogP contribution is -2.63. The highest BCUT2D eigenvalue weighted by Crippen LogP contribution is 2.53. The van der Waals surface area contributed by atoms with Crippen LogP contribution in [0.25, 0.3) is 11.1 Å². The van der Waals surface area contributed by atoms with Gasteiger partial charge in [0.25, 0.3) is 5.91 Å². The first-order valence-electron chi connectivity index (χ1n) is 12.5. The average Bonchev–Trinajstić information content (AvgIpc) is 2.90. The topological polar surface area (TPSA) is 188 Å². The van der Waals surface area contributed by atoms with Crippen LogP contribution < -0.4 is 5.73 Å². The van der Waals surface area contributed by atoms with Crippen LogP contribution >= 0.6 is 0 Å². The molecule has 0 spiro atoms. The highest BCUT2D eigenvalue weighted by atomic mass is 16.5. The van der Waals surface area contributed by atoms with Gasteiger partial charge in [-0.25, -0.2) is 4.79 Å². The third kappa shape index (κ3) is 3.65. The molecule has 0 aromatic heterocycles. The first kappa shape index (κ1) is 27.1. The van der Waals surface area contributed by atoms with Crippen LogP contribution in [0.3, 0.4) is 0 Å². The van der Waals surface area contributed by atoms with Crippen molar-refractivity contribution in [2.75, 3.05) is 21.2 Å². The minimum atomic E-state index is -2.69. The van der Waals surface area contributed by atoms with Gasteiger partial charge in [-0.3, -0.25) is 19.3 Å². The predicted octanol–water partition coefficient (Wildman–Crippen LogP) is 1.57. The molecule has 2 aromatic carbocycles. The Hall–Kier alpha value is -4.48. The van der Waals surface area contributed by atoms with Gasteiger partial charge in [0.2, 0.25) is 5.78 Å². The molecule has 0 saturated carbocycles. The third-order valence-electron chi connectivity index (χ3n) is 8.22. The number of methoxy groups -OCH3 is 1. The Morgan fingerprint density at radius 3 is 2.27 bits per heavy atom. The van der Waals surface area contributed by atoms with Gasteiger partial charge in [-0.15, -0.1) is 0 Å². The monoisotopic (exact) mass is 548 g/mol. The molecule has 4 unspecified atom stereocenters. The molecule has 11 nitrogen and oxygen atoms in total. The third-order valence-corrected chi connectivity index (χ3v) is 8.22. The summed E-state index contributed by atoms with van der Waals surface area (Å²) in [5.41, 5.74) is 3.58. The van der Waals surface area contributed by atoms with Gasteiger partial charge in [-0.1, -0.05) is 18.2 Å². The maximum absolute atomic E-state index is 13.8. The maximum Gasteiger partial charge on any atom is 0.337 e. The minimum absolute atomic E-state index is 0.0118. The number of nitrogens with zero attached hydrogens (tertiary/aromatic N) is 1. The molecule has 3 aliphatic carbocycles. The van der Waals surface area contributed by atoms with Crippen molar-refractivity contribution < 1.29 is 44.3 Å². The lowest BCUT2D eigenvalue weighted by molar-refractivity contribution is -0.148. The van der Waals surface area contributed by atoms with Crippen molar-refractivity contribution in [1.82, 2.24) is 4.90 Å². The molecule has 3 aliphatic rings. The summed E-state index contributed by atoms with van der Waals surface area (Å²) in [5, 5.41) is 44.7. The zero-order valence-electron chi connectivity index (χ0n) is 22.0. The van der Waals surface area contributed by atoms with Gasteiger partial charge in [-0.2, -0.15) is 0 Å². The van der Waals surface area contributed by atoms with Crippen molar-refractivity contribution in [2.24, 2.45) is 17.6 Å². The molecule has 1 amide bonds. The lowest BCUT2D eigenvalue weighted by atomic mass is 9.58. The standard InChI is InChI=1S/C29H28N2O9/c1-31(2)22-17-11-14-10-16-15(12-4-6-13(7-5-12)28(38)40-3)8-9-18(32)20(16)23(33)19(14)25(35)29(17,39)26(36)21(24(22)34)27(30)37/h4-9,14,17,22,32,34-35,39H,10-11H2,1-3H3,(H2,30,37). The number of amides is 1. The Morgan fingerprint density at radius 1 is 1.05 bits per heavy atom. The highest BCUT2D eigenvalue weighted by Gasteiger charge is 2.63. The van der Waals surface area contributed by atoms with Gasteiger partial charge >= 0.3 is 5.97 Å². The molecule has 0 fully saturated rings. The fourth-order valence-corrected chi connectivity index (χ4v) is 6.42. The van der Waals surface area contributed by atoms with Crippen LogP contribution in [0.5, 0.6) is 5.75 Å². The smallest absolute Gasteiger partial charge is 0.337 e. The average molecular weight is 549 g/mol. The van der Waals surface area contributed by atoms with Crippen LogP contribution in [0.4, 0.5) is 0 Å². The number of hydrogen-bond acceptors (Lipinski definition) is 10. The predicted molar refractivity (Wildman–Crippen MR) is 140 cm³/mol. The summed E-state index contributed by atoms with van der Waals surface area (Å²) >= 11 is 0. The quantitative estimate of drug-likeness (QED) is 0.277. The van der Waals surface area contributed by atoms with E-state index in [1.165, 1.54) is 18.1 Å². The lowest BCUT2D eigenvalue weighted by Gasteiger charge is -2.50. The second-order valence-electron chi connectivity index (χ2n) is 10.5. The fourth-order valence-electron chi connectivity index (χ4n) is 6.42. The number of hydrogen-bond donors (Lipinski definition) is 5. The Kier molecular flexibility index (Phi) is 6.31. The summed E-state index contributed by atoms with van der Waals surface area (Å²) in [6.07, 6.45) is 0.138. The summed E-state index contributed by atoms with van der Waals surface area (Å²) < 4.78 is 4.74. The number of phenols is 1. The molecule has 4 atom stereocenters. The van der Waals surface area contributed by atoms with E-state index >= 15 is 0 Å². The van der Waals surface area contributed by atoms with Crippen LogP contribution in [-0.4, -0.2) is 81.6 Å². The number of ether oxygens (including phenoxy) is 1. The van der Waals surface area contributed by atoms with E-state index in [2.05, 4.69) is 0 Å². The number of esters is 1. The van der Waals surface area contributed by atoms with Crippen molar-refractivity contribution in [2.45, 2.75) is 24.5 Å². The number of primary amides is 1. The second kappa shape index (κ2) is 9.32. The number of nitrogens with two attached hydrogens (primary N) is 1. The van der Waals surface area contributed by atoms with E-state index in [0.29, 0.717) is 22.3 Å². The summed E-state index contributed by atoms with van der Waals surface area (Å²) in [4.78, 5) is 52.7. The van der Waals surface area contributed by atoms with E-state index in [0.717, 1.165) is 0 Å². The Labute approximate surface area is 228 Å². The number of ketones is 2. The van der Waals surface area contributed by atoms with Crippen LogP contribution in [0.15, 0.2) is 59.1 Å². The molecule has 0 bridgehead atoms. The normalized spacial score (nSPS) is 25.9. The number of allylic oxidation sites excluding steroid dienone is 1. The summed E-state index contributed by atoms with van der Waals surface area (Å²) in [7, 11) is 4.41. The summed E-state index contributed by atoms with van der Waals surface area (Å²) in [6.45, 7) is 0. The van der Waals surface area contributed by atoms with Crippen molar-refractivity contribution >= 4 is 23.4 Å². The first-order valence-corrected chi connectivity index (χ1v) is 12.5. The molecule has 11 heteroatoms.